The molecule has 2 aromatic carbocycles. The summed E-state index contributed by atoms with van der Waals surface area (Å²) in [6, 6.07) is 12.2. The fourth-order valence-electron chi connectivity index (χ4n) is 2.49. The van der Waals surface area contributed by atoms with Gasteiger partial charge in [0.1, 0.15) is 0 Å². The minimum Gasteiger partial charge on any atom is -0.479 e. The van der Waals surface area contributed by atoms with Gasteiger partial charge in [-0.1, -0.05) is 53.5 Å². The van der Waals surface area contributed by atoms with E-state index in [0.29, 0.717) is 5.56 Å². The van der Waals surface area contributed by atoms with Crippen LogP contribution in [0.25, 0.3) is 6.08 Å². The molecule has 0 radical (unpaired) electrons. The van der Waals surface area contributed by atoms with Gasteiger partial charge >= 0.3 is 5.97 Å². The van der Waals surface area contributed by atoms with E-state index < -0.39 is 18.5 Å². The van der Waals surface area contributed by atoms with Gasteiger partial charge in [0, 0.05) is 0 Å². The maximum absolute atomic E-state index is 12.6. The molecule has 0 bridgehead atoms. The van der Waals surface area contributed by atoms with Crippen LogP contribution in [0.1, 0.15) is 11.1 Å². The number of rotatable bonds is 6. The summed E-state index contributed by atoms with van der Waals surface area (Å²) in [5.74, 6) is -1.53. The van der Waals surface area contributed by atoms with Crippen molar-refractivity contribution in [1.29, 1.82) is 0 Å². The maximum atomic E-state index is 12.6. The van der Waals surface area contributed by atoms with Gasteiger partial charge in [0.15, 0.2) is 12.4 Å². The number of aliphatic carboxylic acids is 1. The van der Waals surface area contributed by atoms with E-state index in [2.05, 4.69) is 0 Å². The maximum Gasteiger partial charge on any atom is 0.341 e. The van der Waals surface area contributed by atoms with Gasteiger partial charge in [-0.2, -0.15) is 0 Å². The summed E-state index contributed by atoms with van der Waals surface area (Å²) < 4.78 is 5.06. The van der Waals surface area contributed by atoms with Crippen LogP contribution in [0.15, 0.2) is 47.4 Å². The lowest BCUT2D eigenvalue weighted by Crippen LogP contribution is -2.27. The third-order valence-corrected chi connectivity index (χ3v) is 5.18. The summed E-state index contributed by atoms with van der Waals surface area (Å²) in [4.78, 5) is 36.9. The lowest BCUT2D eigenvalue weighted by Gasteiger charge is -2.12. The summed E-state index contributed by atoms with van der Waals surface area (Å²) in [6.45, 7) is -0.399. The first-order chi connectivity index (χ1) is 13.3. The average Bonchev–Trinajstić information content (AvgIpc) is 2.89. The van der Waals surface area contributed by atoms with Gasteiger partial charge in [-0.05, 0) is 41.1 Å². The predicted octanol–water partition coefficient (Wildman–Crippen LogP) is 4.69. The van der Waals surface area contributed by atoms with Crippen LogP contribution in [0.2, 0.25) is 10.0 Å². The van der Waals surface area contributed by atoms with E-state index in [-0.39, 0.29) is 32.5 Å². The molecule has 0 spiro atoms. The molecule has 0 aromatic heterocycles. The van der Waals surface area contributed by atoms with Crippen LogP contribution in [-0.4, -0.2) is 33.7 Å². The number of ether oxygens (including phenoxy) is 1. The van der Waals surface area contributed by atoms with Crippen LogP contribution in [-0.2, 0) is 16.1 Å². The zero-order valence-corrected chi connectivity index (χ0v) is 16.6. The Morgan fingerprint density at radius 2 is 1.79 bits per heavy atom. The molecule has 0 atom stereocenters. The lowest BCUT2D eigenvalue weighted by molar-refractivity contribution is -0.139. The van der Waals surface area contributed by atoms with Crippen LogP contribution in [0.4, 0.5) is 4.79 Å². The summed E-state index contributed by atoms with van der Waals surface area (Å²) >= 11 is 13.0. The molecule has 6 nitrogen and oxygen atoms in total. The molecule has 1 fully saturated rings. The lowest BCUT2D eigenvalue weighted by atomic mass is 10.2. The van der Waals surface area contributed by atoms with Crippen LogP contribution in [0.3, 0.4) is 0 Å². The number of thioether (sulfide) groups is 1. The highest BCUT2D eigenvalue weighted by Gasteiger charge is 2.35. The van der Waals surface area contributed by atoms with Gasteiger partial charge in [0.25, 0.3) is 11.1 Å². The Balaban J connectivity index is 1.81. The Bertz CT molecular complexity index is 955. The third-order valence-electron chi connectivity index (χ3n) is 3.72. The van der Waals surface area contributed by atoms with Crippen LogP contribution in [0, 0.1) is 0 Å². The number of carboxylic acids is 1. The molecular weight excluding hydrogens is 425 g/mol. The van der Waals surface area contributed by atoms with Crippen molar-refractivity contribution in [2.24, 2.45) is 0 Å². The van der Waals surface area contributed by atoms with E-state index >= 15 is 0 Å². The van der Waals surface area contributed by atoms with Crippen molar-refractivity contribution < 1.29 is 24.2 Å². The molecule has 2 aromatic rings. The highest BCUT2D eigenvalue weighted by atomic mass is 35.5. The van der Waals surface area contributed by atoms with Gasteiger partial charge in [-0.15, -0.1) is 0 Å². The molecule has 1 N–H and O–H groups in total. The Morgan fingerprint density at radius 1 is 1.14 bits per heavy atom. The summed E-state index contributed by atoms with van der Waals surface area (Å²) in [5.41, 5.74) is 1.33. The first-order valence-corrected chi connectivity index (χ1v) is 9.55. The quantitative estimate of drug-likeness (QED) is 0.659. The number of nitrogens with zero attached hydrogens (tertiary/aromatic N) is 1. The highest BCUT2D eigenvalue weighted by molar-refractivity contribution is 8.18. The second kappa shape index (κ2) is 8.68. The molecular formula is C19H13Cl2NO5S. The van der Waals surface area contributed by atoms with Crippen molar-refractivity contribution in [3.63, 3.8) is 0 Å². The first kappa shape index (κ1) is 20.3. The number of hydrogen-bond donors (Lipinski definition) is 1. The Morgan fingerprint density at radius 3 is 2.39 bits per heavy atom. The highest BCUT2D eigenvalue weighted by Crippen LogP contribution is 2.37. The largest absolute Gasteiger partial charge is 0.479 e. The van der Waals surface area contributed by atoms with Gasteiger partial charge in [0.2, 0.25) is 0 Å². The van der Waals surface area contributed by atoms with E-state index in [1.807, 2.05) is 30.3 Å². The minimum absolute atomic E-state index is 0.0417. The first-order valence-electron chi connectivity index (χ1n) is 7.98. The standard InChI is InChI=1S/C19H13Cl2NO5S/c20-13-6-12(7-14(21)17(13)27-10-16(23)24)8-15-18(25)22(19(26)28-15)9-11-4-2-1-3-5-11/h1-8H,9-10H2,(H,23,24)/b15-8-. The molecule has 9 heteroatoms. The number of carboxylic acid groups (broad SMARTS) is 1. The van der Waals surface area contributed by atoms with Gasteiger partial charge in [-0.3, -0.25) is 14.5 Å². The topological polar surface area (TPSA) is 83.9 Å². The van der Waals surface area contributed by atoms with Crippen LogP contribution in [0.5, 0.6) is 5.75 Å². The van der Waals surface area contributed by atoms with Crippen molar-refractivity contribution in [3.8, 4) is 5.75 Å². The molecule has 1 saturated heterocycles. The smallest absolute Gasteiger partial charge is 0.341 e. The number of amides is 2. The second-order valence-electron chi connectivity index (χ2n) is 5.75. The van der Waals surface area contributed by atoms with Crippen molar-refractivity contribution in [1.82, 2.24) is 4.90 Å². The number of imide groups is 1. The van der Waals surface area contributed by atoms with Gasteiger partial charge in [-0.25, -0.2) is 4.79 Å². The monoisotopic (exact) mass is 437 g/mol. The van der Waals surface area contributed by atoms with Crippen LogP contribution < -0.4 is 4.74 Å². The normalized spacial score (nSPS) is 15.4. The Labute approximate surface area is 174 Å². The van der Waals surface area contributed by atoms with E-state index in [9.17, 15) is 14.4 Å². The third kappa shape index (κ3) is 4.67. The Hall–Kier alpha value is -2.48. The minimum atomic E-state index is -1.16. The number of carbonyl (C=O) groups excluding carboxylic acids is 2. The van der Waals surface area contributed by atoms with E-state index in [4.69, 9.17) is 33.0 Å². The molecule has 0 unspecified atom stereocenters. The Kier molecular flexibility index (Phi) is 6.28. The number of hydrogen-bond acceptors (Lipinski definition) is 5. The van der Waals surface area contributed by atoms with E-state index in [1.165, 1.54) is 23.1 Å². The van der Waals surface area contributed by atoms with E-state index in [0.717, 1.165) is 17.3 Å². The summed E-state index contributed by atoms with van der Waals surface area (Å²) in [7, 11) is 0. The molecule has 28 heavy (non-hydrogen) atoms. The van der Waals surface area contributed by atoms with Crippen molar-refractivity contribution in [2.75, 3.05) is 6.61 Å². The summed E-state index contributed by atoms with van der Waals surface area (Å²) in [6.07, 6.45) is 1.51. The van der Waals surface area contributed by atoms with E-state index in [1.54, 1.807) is 0 Å². The van der Waals surface area contributed by atoms with Gasteiger partial charge in [0.05, 0.1) is 21.5 Å². The molecule has 1 aliphatic heterocycles. The second-order valence-corrected chi connectivity index (χ2v) is 7.56. The SMILES string of the molecule is O=C(O)COc1c(Cl)cc(/C=C2\SC(=O)N(Cc3ccccc3)C2=O)cc1Cl. The fourth-order valence-corrected chi connectivity index (χ4v) is 3.94. The number of halogens is 2. The average molecular weight is 438 g/mol. The van der Waals surface area contributed by atoms with Crippen molar-refractivity contribution in [3.05, 3.63) is 68.5 Å². The molecule has 1 aliphatic rings. The molecule has 1 heterocycles. The molecule has 0 aliphatic carbocycles. The zero-order valence-electron chi connectivity index (χ0n) is 14.2. The summed E-state index contributed by atoms with van der Waals surface area (Å²) in [5, 5.41) is 8.53. The predicted molar refractivity (Wildman–Crippen MR) is 108 cm³/mol. The van der Waals surface area contributed by atoms with Gasteiger partial charge < -0.3 is 9.84 Å². The molecule has 144 valence electrons. The zero-order chi connectivity index (χ0) is 20.3. The molecule has 2 amide bonds. The molecule has 0 saturated carbocycles. The van der Waals surface area contributed by atoms with Crippen LogP contribution >= 0.6 is 35.0 Å². The molecule has 3 rings (SSSR count). The fraction of sp³-hybridized carbons (Fsp3) is 0.105. The number of benzene rings is 2. The van der Waals surface area contributed by atoms with Crippen molar-refractivity contribution >= 4 is 58.2 Å². The number of carbonyl (C=O) groups is 3. The van der Waals surface area contributed by atoms with Crippen molar-refractivity contribution in [2.45, 2.75) is 6.54 Å².